The maximum Gasteiger partial charge on any atom is 0.301 e. The van der Waals surface area contributed by atoms with Gasteiger partial charge >= 0.3 is 5.91 Å². The van der Waals surface area contributed by atoms with Crippen LogP contribution in [0.2, 0.25) is 0 Å². The molecule has 1 atom stereocenters. The Morgan fingerprint density at radius 1 is 1.00 bits per heavy atom. The molecule has 1 aliphatic heterocycles. The van der Waals surface area contributed by atoms with Gasteiger partial charge in [-0.25, -0.2) is 4.39 Å². The molecule has 11 heteroatoms. The van der Waals surface area contributed by atoms with Crippen LogP contribution in [0, 0.1) is 12.7 Å². The number of aliphatic hydroxyl groups excluding tert-OH is 1. The van der Waals surface area contributed by atoms with Crippen molar-refractivity contribution in [2.45, 2.75) is 36.9 Å². The number of benzene rings is 3. The molecule has 0 spiro atoms. The van der Waals surface area contributed by atoms with Gasteiger partial charge in [0, 0.05) is 11.3 Å². The second kappa shape index (κ2) is 12.7. The second-order valence-corrected chi connectivity index (χ2v) is 11.5. The third-order valence-corrected chi connectivity index (χ3v) is 8.67. The Bertz CT molecular complexity index is 1650. The van der Waals surface area contributed by atoms with E-state index in [1.807, 2.05) is 32.9 Å². The number of amides is 1. The Balaban J connectivity index is 1.59. The fourth-order valence-electron chi connectivity index (χ4n) is 4.56. The van der Waals surface area contributed by atoms with Gasteiger partial charge < -0.3 is 14.6 Å². The van der Waals surface area contributed by atoms with Gasteiger partial charge in [0.25, 0.3) is 5.78 Å². The molecule has 1 unspecified atom stereocenters. The maximum atomic E-state index is 14.1. The standard InChI is InChI=1S/C31H28FN3O5S2/c1-4-39-23-15-14-20(16-24(23)40-5-2)26-25(27(36)19-12-10-18(3)11-13-19)28(37)29(38)35(26)30-33-34-31(42-30)41-17-21-8-6-7-9-22(21)32/h6-16,26,36H,4-5,17H2,1-3H3. The molecule has 8 nitrogen and oxygen atoms in total. The number of ketones is 1. The van der Waals surface area contributed by atoms with Crippen LogP contribution >= 0.6 is 23.1 Å². The van der Waals surface area contributed by atoms with Gasteiger partial charge in [0.1, 0.15) is 11.6 Å². The van der Waals surface area contributed by atoms with Crippen molar-refractivity contribution in [2.24, 2.45) is 0 Å². The number of carbonyl (C=O) groups excluding carboxylic acids is 2. The first-order valence-electron chi connectivity index (χ1n) is 13.3. The Morgan fingerprint density at radius 3 is 2.43 bits per heavy atom. The summed E-state index contributed by atoms with van der Waals surface area (Å²) in [6, 6.07) is 17.6. The van der Waals surface area contributed by atoms with E-state index >= 15 is 0 Å². The van der Waals surface area contributed by atoms with Crippen molar-refractivity contribution in [1.29, 1.82) is 0 Å². The number of anilines is 1. The van der Waals surface area contributed by atoms with Crippen molar-refractivity contribution in [3.63, 3.8) is 0 Å². The van der Waals surface area contributed by atoms with E-state index in [-0.39, 0.29) is 22.3 Å². The van der Waals surface area contributed by atoms with Crippen LogP contribution in [0.5, 0.6) is 11.5 Å². The maximum absolute atomic E-state index is 14.1. The fraction of sp³-hybridized carbons (Fsp3) is 0.226. The number of Topliss-reactive ketones (excluding diaryl/α,β-unsaturated/α-hetero) is 1. The summed E-state index contributed by atoms with van der Waals surface area (Å²) < 4.78 is 26.2. The predicted molar refractivity (Wildman–Crippen MR) is 161 cm³/mol. The van der Waals surface area contributed by atoms with Crippen LogP contribution in [0.25, 0.3) is 5.76 Å². The number of carbonyl (C=O) groups is 2. The quantitative estimate of drug-likeness (QED) is 0.0701. The van der Waals surface area contributed by atoms with Crippen LogP contribution in [0.4, 0.5) is 9.52 Å². The molecule has 5 rings (SSSR count). The topological polar surface area (TPSA) is 102 Å². The summed E-state index contributed by atoms with van der Waals surface area (Å²) in [4.78, 5) is 28.3. The van der Waals surface area contributed by atoms with Crippen LogP contribution in [0.1, 0.15) is 42.1 Å². The van der Waals surface area contributed by atoms with Gasteiger partial charge in [-0.1, -0.05) is 77.2 Å². The Morgan fingerprint density at radius 2 is 1.71 bits per heavy atom. The molecule has 1 N–H and O–H groups in total. The number of thioether (sulfide) groups is 1. The number of hydrogen-bond donors (Lipinski definition) is 1. The van der Waals surface area contributed by atoms with Crippen LogP contribution in [-0.4, -0.2) is 40.2 Å². The molecule has 42 heavy (non-hydrogen) atoms. The molecule has 1 amide bonds. The molecule has 2 heterocycles. The number of aromatic nitrogens is 2. The summed E-state index contributed by atoms with van der Waals surface area (Å²) in [6.45, 7) is 6.40. The molecule has 0 bridgehead atoms. The van der Waals surface area contributed by atoms with Gasteiger partial charge in [-0.2, -0.15) is 0 Å². The normalized spacial score (nSPS) is 16.2. The first kappa shape index (κ1) is 29.3. The number of aryl methyl sites for hydroxylation is 1. The molecular formula is C31H28FN3O5S2. The summed E-state index contributed by atoms with van der Waals surface area (Å²) >= 11 is 2.38. The highest BCUT2D eigenvalue weighted by Gasteiger charge is 2.48. The van der Waals surface area contributed by atoms with E-state index in [1.165, 1.54) is 22.7 Å². The Hall–Kier alpha value is -4.22. The zero-order valence-corrected chi connectivity index (χ0v) is 24.8. The monoisotopic (exact) mass is 605 g/mol. The molecule has 4 aromatic rings. The van der Waals surface area contributed by atoms with E-state index in [9.17, 15) is 19.1 Å². The van der Waals surface area contributed by atoms with Gasteiger partial charge in [-0.15, -0.1) is 10.2 Å². The molecule has 1 fully saturated rings. The number of aliphatic hydroxyl groups is 1. The van der Waals surface area contributed by atoms with Crippen molar-refractivity contribution in [3.8, 4) is 11.5 Å². The van der Waals surface area contributed by atoms with Gasteiger partial charge in [0.2, 0.25) is 5.13 Å². The lowest BCUT2D eigenvalue weighted by molar-refractivity contribution is -0.132. The highest BCUT2D eigenvalue weighted by Crippen LogP contribution is 2.45. The van der Waals surface area contributed by atoms with Crippen molar-refractivity contribution >= 4 is 45.7 Å². The second-order valence-electron chi connectivity index (χ2n) is 9.34. The zero-order chi connectivity index (χ0) is 29.8. The largest absolute Gasteiger partial charge is 0.507 e. The summed E-state index contributed by atoms with van der Waals surface area (Å²) in [6.07, 6.45) is 0. The van der Waals surface area contributed by atoms with Crippen molar-refractivity contribution in [3.05, 3.63) is 100 Å². The molecular weight excluding hydrogens is 577 g/mol. The summed E-state index contributed by atoms with van der Waals surface area (Å²) in [7, 11) is 0. The lowest BCUT2D eigenvalue weighted by Gasteiger charge is -2.23. The van der Waals surface area contributed by atoms with E-state index < -0.39 is 17.7 Å². The lowest BCUT2D eigenvalue weighted by Crippen LogP contribution is -2.29. The van der Waals surface area contributed by atoms with Crippen LogP contribution in [0.15, 0.2) is 76.6 Å². The lowest BCUT2D eigenvalue weighted by atomic mass is 9.95. The first-order valence-corrected chi connectivity index (χ1v) is 15.1. The van der Waals surface area contributed by atoms with Gasteiger partial charge in [-0.3, -0.25) is 14.5 Å². The molecule has 0 radical (unpaired) electrons. The molecule has 1 saturated heterocycles. The number of rotatable bonds is 10. The van der Waals surface area contributed by atoms with E-state index in [0.29, 0.717) is 51.5 Å². The molecule has 216 valence electrons. The minimum Gasteiger partial charge on any atom is -0.507 e. The molecule has 0 aliphatic carbocycles. The SMILES string of the molecule is CCOc1ccc(C2C(=C(O)c3ccc(C)cc3)C(=O)C(=O)N2c2nnc(SCc3ccccc3F)s2)cc1OCC. The molecule has 1 aliphatic rings. The minimum atomic E-state index is -1.02. The minimum absolute atomic E-state index is 0.0776. The highest BCUT2D eigenvalue weighted by molar-refractivity contribution is 8.00. The summed E-state index contributed by atoms with van der Waals surface area (Å²) in [5, 5.41) is 20.0. The molecule has 0 saturated carbocycles. The third kappa shape index (κ3) is 5.88. The van der Waals surface area contributed by atoms with E-state index in [4.69, 9.17) is 9.47 Å². The smallest absolute Gasteiger partial charge is 0.301 e. The number of ether oxygens (including phenoxy) is 2. The van der Waals surface area contributed by atoms with Crippen LogP contribution in [0.3, 0.4) is 0 Å². The summed E-state index contributed by atoms with van der Waals surface area (Å²) in [5.74, 6) is -1.04. The highest BCUT2D eigenvalue weighted by atomic mass is 32.2. The zero-order valence-electron chi connectivity index (χ0n) is 23.2. The number of nitrogens with zero attached hydrogens (tertiary/aromatic N) is 3. The number of halogens is 1. The van der Waals surface area contributed by atoms with Crippen LogP contribution in [-0.2, 0) is 15.3 Å². The van der Waals surface area contributed by atoms with Gasteiger partial charge in [0.15, 0.2) is 15.8 Å². The van der Waals surface area contributed by atoms with Crippen molar-refractivity contribution in [2.75, 3.05) is 18.1 Å². The Kier molecular flexibility index (Phi) is 8.89. The van der Waals surface area contributed by atoms with E-state index in [2.05, 4.69) is 10.2 Å². The van der Waals surface area contributed by atoms with Crippen LogP contribution < -0.4 is 14.4 Å². The van der Waals surface area contributed by atoms with Gasteiger partial charge in [-0.05, 0) is 50.1 Å². The van der Waals surface area contributed by atoms with E-state index in [1.54, 1.807) is 48.5 Å². The third-order valence-electron chi connectivity index (χ3n) is 6.56. The van der Waals surface area contributed by atoms with E-state index in [0.717, 1.165) is 16.9 Å². The number of hydrogen-bond acceptors (Lipinski definition) is 9. The first-order chi connectivity index (χ1) is 20.3. The summed E-state index contributed by atoms with van der Waals surface area (Å²) in [5.41, 5.74) is 2.33. The fourth-order valence-corrected chi connectivity index (χ4v) is 6.42. The average molecular weight is 606 g/mol. The molecule has 1 aromatic heterocycles. The van der Waals surface area contributed by atoms with Gasteiger partial charge in [0.05, 0.1) is 24.8 Å². The average Bonchev–Trinajstić information content (AvgIpc) is 3.55. The molecule has 3 aromatic carbocycles. The predicted octanol–water partition coefficient (Wildman–Crippen LogP) is 6.70. The Labute approximate surface area is 250 Å². The van der Waals surface area contributed by atoms with Crippen molar-refractivity contribution < 1.29 is 28.6 Å². The van der Waals surface area contributed by atoms with Crippen molar-refractivity contribution in [1.82, 2.24) is 10.2 Å².